The molecule has 4 aromatic rings. The van der Waals surface area contributed by atoms with Gasteiger partial charge in [0.15, 0.2) is 0 Å². The minimum atomic E-state index is -3.92. The van der Waals surface area contributed by atoms with Crippen molar-refractivity contribution in [2.75, 3.05) is 0 Å². The number of nitrogens with two attached hydrogens (primary N) is 1. The maximum absolute atomic E-state index is 13.4. The van der Waals surface area contributed by atoms with Crippen LogP contribution >= 0.6 is 27.3 Å². The number of aromatic nitrogens is 1. The summed E-state index contributed by atoms with van der Waals surface area (Å²) in [4.78, 5) is 4.88. The highest BCUT2D eigenvalue weighted by molar-refractivity contribution is 9.10. The number of sulfonamides is 1. The summed E-state index contributed by atoms with van der Waals surface area (Å²) in [5, 5.41) is 5.16. The molecule has 0 radical (unpaired) electrons. The molecule has 164 valence electrons. The highest BCUT2D eigenvalue weighted by Gasteiger charge is 2.26. The van der Waals surface area contributed by atoms with E-state index in [0.29, 0.717) is 21.7 Å². The smallest absolute Gasteiger partial charge is 0.225 e. The average Bonchev–Trinajstić information content (AvgIpc) is 3.20. The minimum absolute atomic E-state index is 0.0724. The molecule has 1 aromatic heterocycles. The monoisotopic (exact) mass is 552 g/mol. The molecular formula is C21H14BrFN2O4S3. The van der Waals surface area contributed by atoms with Crippen LogP contribution < -0.4 is 5.14 Å². The normalized spacial score (nSPS) is 12.1. The molecular weight excluding hydrogens is 539 g/mol. The predicted molar refractivity (Wildman–Crippen MR) is 124 cm³/mol. The lowest BCUT2D eigenvalue weighted by atomic mass is 10.1. The highest BCUT2D eigenvalue weighted by Crippen LogP contribution is 2.40. The SMILES string of the molecule is NS(=O)(=O)c1ccc(-c2sc(S(=O)(=O)c3ccc(Br)cc3)nc2-c2ccc(F)cc2)cc1. The topological polar surface area (TPSA) is 107 Å². The summed E-state index contributed by atoms with van der Waals surface area (Å²) in [6.45, 7) is 0. The van der Waals surface area contributed by atoms with Crippen molar-refractivity contribution in [2.24, 2.45) is 5.14 Å². The van der Waals surface area contributed by atoms with E-state index in [1.165, 1.54) is 60.7 Å². The standard InChI is InChI=1S/C21H14BrFN2O4S3/c22-15-5-11-17(12-6-15)31(26,27)21-25-19(13-1-7-16(23)8-2-13)20(30-21)14-3-9-18(10-4-14)32(24,28)29/h1-12H,(H2,24,28,29). The maximum atomic E-state index is 13.4. The molecule has 0 aliphatic heterocycles. The Labute approximate surface area is 196 Å². The van der Waals surface area contributed by atoms with Crippen molar-refractivity contribution < 1.29 is 21.2 Å². The Balaban J connectivity index is 1.89. The molecule has 0 saturated heterocycles. The average molecular weight is 553 g/mol. The van der Waals surface area contributed by atoms with Crippen LogP contribution in [0.25, 0.3) is 21.7 Å². The number of nitrogens with zero attached hydrogens (tertiary/aromatic N) is 1. The molecule has 0 aliphatic carbocycles. The summed E-state index contributed by atoms with van der Waals surface area (Å²) in [6.07, 6.45) is 0. The summed E-state index contributed by atoms with van der Waals surface area (Å²) in [5.41, 5.74) is 1.41. The van der Waals surface area contributed by atoms with Crippen LogP contribution in [0.3, 0.4) is 0 Å². The van der Waals surface area contributed by atoms with Crippen molar-refractivity contribution in [2.45, 2.75) is 14.1 Å². The minimum Gasteiger partial charge on any atom is -0.225 e. The van der Waals surface area contributed by atoms with Gasteiger partial charge in [-0.05, 0) is 66.2 Å². The van der Waals surface area contributed by atoms with Crippen molar-refractivity contribution in [1.82, 2.24) is 4.98 Å². The van der Waals surface area contributed by atoms with E-state index >= 15 is 0 Å². The van der Waals surface area contributed by atoms with Gasteiger partial charge in [0.1, 0.15) is 5.82 Å². The highest BCUT2D eigenvalue weighted by atomic mass is 79.9. The summed E-state index contributed by atoms with van der Waals surface area (Å²) in [7, 11) is -7.80. The number of rotatable bonds is 5. The van der Waals surface area contributed by atoms with E-state index in [1.807, 2.05) is 0 Å². The van der Waals surface area contributed by atoms with Crippen molar-refractivity contribution >= 4 is 47.1 Å². The zero-order valence-corrected chi connectivity index (χ0v) is 20.1. The number of sulfone groups is 1. The van der Waals surface area contributed by atoms with E-state index in [1.54, 1.807) is 12.1 Å². The van der Waals surface area contributed by atoms with E-state index in [4.69, 9.17) is 5.14 Å². The summed E-state index contributed by atoms with van der Waals surface area (Å²) in [6, 6.07) is 17.4. The summed E-state index contributed by atoms with van der Waals surface area (Å²) in [5.74, 6) is -0.439. The van der Waals surface area contributed by atoms with E-state index in [9.17, 15) is 21.2 Å². The summed E-state index contributed by atoms with van der Waals surface area (Å²) < 4.78 is 63.6. The van der Waals surface area contributed by atoms with Crippen LogP contribution in [0.1, 0.15) is 0 Å². The van der Waals surface area contributed by atoms with Gasteiger partial charge in [0, 0.05) is 10.0 Å². The number of thiazole rings is 1. The fourth-order valence-electron chi connectivity index (χ4n) is 2.93. The molecule has 0 amide bonds. The first-order valence-electron chi connectivity index (χ1n) is 8.96. The van der Waals surface area contributed by atoms with Gasteiger partial charge in [-0.1, -0.05) is 28.1 Å². The Bertz CT molecular complexity index is 1500. The molecule has 0 unspecified atom stereocenters. The molecule has 1 heterocycles. The van der Waals surface area contributed by atoms with Gasteiger partial charge in [0.25, 0.3) is 0 Å². The Morgan fingerprint density at radius 3 is 1.88 bits per heavy atom. The molecule has 0 atom stereocenters. The first-order valence-corrected chi connectivity index (χ1v) is 13.6. The van der Waals surface area contributed by atoms with Crippen LogP contribution in [-0.4, -0.2) is 21.8 Å². The van der Waals surface area contributed by atoms with Crippen LogP contribution in [-0.2, 0) is 19.9 Å². The number of halogens is 2. The van der Waals surface area contributed by atoms with Gasteiger partial charge in [0.2, 0.25) is 24.2 Å². The molecule has 6 nitrogen and oxygen atoms in total. The zero-order chi connectivity index (χ0) is 23.1. The molecule has 4 rings (SSSR count). The maximum Gasteiger partial charge on any atom is 0.238 e. The lowest BCUT2D eigenvalue weighted by Crippen LogP contribution is -2.11. The Kier molecular flexibility index (Phi) is 6.03. The Morgan fingerprint density at radius 2 is 1.31 bits per heavy atom. The van der Waals surface area contributed by atoms with Crippen LogP contribution in [0.5, 0.6) is 0 Å². The third-order valence-electron chi connectivity index (χ3n) is 4.52. The fourth-order valence-corrected chi connectivity index (χ4v) is 6.42. The number of hydrogen-bond donors (Lipinski definition) is 1. The summed E-state index contributed by atoms with van der Waals surface area (Å²) >= 11 is 4.23. The second-order valence-corrected chi connectivity index (χ2v) is 12.3. The van der Waals surface area contributed by atoms with Gasteiger partial charge in [-0.3, -0.25) is 0 Å². The molecule has 11 heteroatoms. The molecule has 0 spiro atoms. The second kappa shape index (κ2) is 8.49. The van der Waals surface area contributed by atoms with Gasteiger partial charge in [-0.15, -0.1) is 11.3 Å². The van der Waals surface area contributed by atoms with E-state index in [2.05, 4.69) is 20.9 Å². The van der Waals surface area contributed by atoms with Gasteiger partial charge < -0.3 is 0 Å². The number of benzene rings is 3. The lowest BCUT2D eigenvalue weighted by Gasteiger charge is -2.04. The van der Waals surface area contributed by atoms with Gasteiger partial charge in [-0.2, -0.15) is 0 Å². The molecule has 0 saturated carbocycles. The van der Waals surface area contributed by atoms with E-state index < -0.39 is 25.7 Å². The largest absolute Gasteiger partial charge is 0.238 e. The first kappa shape index (κ1) is 22.7. The molecule has 3 aromatic carbocycles. The van der Waals surface area contributed by atoms with E-state index in [-0.39, 0.29) is 14.1 Å². The third-order valence-corrected chi connectivity index (χ3v) is 9.23. The Morgan fingerprint density at radius 1 is 0.781 bits per heavy atom. The molecule has 2 N–H and O–H groups in total. The van der Waals surface area contributed by atoms with Crippen molar-refractivity contribution in [3.8, 4) is 21.7 Å². The first-order chi connectivity index (χ1) is 15.1. The van der Waals surface area contributed by atoms with Gasteiger partial charge in [-0.25, -0.2) is 31.3 Å². The van der Waals surface area contributed by atoms with Crippen LogP contribution in [0.2, 0.25) is 0 Å². The predicted octanol–water partition coefficient (Wildman–Crippen LogP) is 4.86. The molecule has 0 aliphatic rings. The third kappa shape index (κ3) is 4.52. The zero-order valence-electron chi connectivity index (χ0n) is 16.1. The molecule has 0 fully saturated rings. The lowest BCUT2D eigenvalue weighted by molar-refractivity contribution is 0.594. The number of hydrogen-bond acceptors (Lipinski definition) is 6. The van der Waals surface area contributed by atoms with Crippen molar-refractivity contribution in [3.63, 3.8) is 0 Å². The van der Waals surface area contributed by atoms with Crippen LogP contribution in [0, 0.1) is 5.82 Å². The van der Waals surface area contributed by atoms with Gasteiger partial charge in [0.05, 0.1) is 20.4 Å². The quantitative estimate of drug-likeness (QED) is 0.380. The second-order valence-electron chi connectivity index (χ2n) is 6.69. The molecule has 0 bridgehead atoms. The Hall–Kier alpha value is -2.44. The van der Waals surface area contributed by atoms with Crippen LogP contribution in [0.4, 0.5) is 4.39 Å². The van der Waals surface area contributed by atoms with Gasteiger partial charge >= 0.3 is 0 Å². The van der Waals surface area contributed by atoms with E-state index in [0.717, 1.165) is 15.8 Å². The fraction of sp³-hybridized carbons (Fsp3) is 0. The van der Waals surface area contributed by atoms with Crippen molar-refractivity contribution in [1.29, 1.82) is 0 Å². The van der Waals surface area contributed by atoms with Crippen LogP contribution in [0.15, 0.2) is 91.4 Å². The number of primary sulfonamides is 1. The van der Waals surface area contributed by atoms with Crippen molar-refractivity contribution in [3.05, 3.63) is 83.1 Å². The molecule has 32 heavy (non-hydrogen) atoms.